The van der Waals surface area contributed by atoms with Crippen LogP contribution in [-0.4, -0.2) is 25.9 Å². The summed E-state index contributed by atoms with van der Waals surface area (Å²) in [5.41, 5.74) is 2.28. The van der Waals surface area contributed by atoms with Gasteiger partial charge in [-0.2, -0.15) is 0 Å². The maximum absolute atomic E-state index is 12.9. The van der Waals surface area contributed by atoms with Gasteiger partial charge in [0.15, 0.2) is 0 Å². The fourth-order valence-electron chi connectivity index (χ4n) is 3.44. The van der Waals surface area contributed by atoms with Crippen LogP contribution in [0.1, 0.15) is 5.56 Å². The molecule has 2 aromatic carbocycles. The SMILES string of the molecule is N=C1c2ccoc2NCN1c1ccc(NS(=O)(=O)c2cccc3cccnc23)cc1. The lowest BCUT2D eigenvalue weighted by atomic mass is 10.2. The van der Waals surface area contributed by atoms with E-state index < -0.39 is 10.0 Å². The molecule has 0 atom stereocenters. The molecule has 2 aromatic heterocycles. The van der Waals surface area contributed by atoms with E-state index in [1.165, 1.54) is 12.3 Å². The van der Waals surface area contributed by atoms with Crippen LogP contribution in [0.4, 0.5) is 17.3 Å². The number of fused-ring (bicyclic) bond motifs is 2. The molecule has 30 heavy (non-hydrogen) atoms. The van der Waals surface area contributed by atoms with Crippen molar-refractivity contribution >= 4 is 44.0 Å². The summed E-state index contributed by atoms with van der Waals surface area (Å²) in [4.78, 5) is 6.12. The molecule has 8 nitrogen and oxygen atoms in total. The van der Waals surface area contributed by atoms with E-state index >= 15 is 0 Å². The normalized spacial score (nSPS) is 13.7. The average Bonchev–Trinajstić information content (AvgIpc) is 3.24. The molecule has 0 amide bonds. The van der Waals surface area contributed by atoms with Crippen LogP contribution in [0.15, 0.2) is 82.4 Å². The summed E-state index contributed by atoms with van der Waals surface area (Å²) in [5, 5.41) is 12.2. The lowest BCUT2D eigenvalue weighted by molar-refractivity contribution is 0.577. The number of nitrogens with zero attached hydrogens (tertiary/aromatic N) is 2. The molecule has 5 rings (SSSR count). The molecule has 1 aliphatic heterocycles. The van der Waals surface area contributed by atoms with Gasteiger partial charge in [-0.15, -0.1) is 0 Å². The Morgan fingerprint density at radius 3 is 2.70 bits per heavy atom. The van der Waals surface area contributed by atoms with Gasteiger partial charge >= 0.3 is 0 Å². The first-order chi connectivity index (χ1) is 14.5. The van der Waals surface area contributed by atoms with Gasteiger partial charge in [0, 0.05) is 23.0 Å². The quantitative estimate of drug-likeness (QED) is 0.463. The number of sulfonamides is 1. The van der Waals surface area contributed by atoms with E-state index in [0.29, 0.717) is 35.2 Å². The number of benzene rings is 2. The minimum atomic E-state index is -3.81. The molecule has 4 aromatic rings. The van der Waals surface area contributed by atoms with Crippen LogP contribution < -0.4 is 14.9 Å². The lowest BCUT2D eigenvalue weighted by Gasteiger charge is -2.29. The first-order valence-corrected chi connectivity index (χ1v) is 10.7. The number of rotatable bonds is 4. The molecule has 9 heteroatoms. The summed E-state index contributed by atoms with van der Waals surface area (Å²) in [6, 6.07) is 17.2. The molecule has 0 bridgehead atoms. The Kier molecular flexibility index (Phi) is 4.18. The van der Waals surface area contributed by atoms with Crippen molar-refractivity contribution in [1.29, 1.82) is 5.41 Å². The van der Waals surface area contributed by atoms with Crippen molar-refractivity contribution in [3.05, 3.63) is 78.7 Å². The zero-order chi connectivity index (χ0) is 20.7. The first kappa shape index (κ1) is 18.2. The number of hydrogen-bond donors (Lipinski definition) is 3. The summed E-state index contributed by atoms with van der Waals surface area (Å²) in [7, 11) is -3.81. The molecule has 0 aliphatic carbocycles. The summed E-state index contributed by atoms with van der Waals surface area (Å²) in [6.07, 6.45) is 3.11. The number of hydrogen-bond acceptors (Lipinski definition) is 6. The second kappa shape index (κ2) is 6.89. The molecule has 0 saturated heterocycles. The van der Waals surface area contributed by atoms with Crippen LogP contribution in [0.25, 0.3) is 10.9 Å². The predicted molar refractivity (Wildman–Crippen MR) is 115 cm³/mol. The average molecular weight is 419 g/mol. The van der Waals surface area contributed by atoms with Gasteiger partial charge in [0.2, 0.25) is 5.88 Å². The summed E-state index contributed by atoms with van der Waals surface area (Å²) >= 11 is 0. The van der Waals surface area contributed by atoms with E-state index in [2.05, 4.69) is 15.0 Å². The van der Waals surface area contributed by atoms with Crippen molar-refractivity contribution in [2.24, 2.45) is 0 Å². The molecule has 1 aliphatic rings. The van der Waals surface area contributed by atoms with Crippen LogP contribution in [0, 0.1) is 5.41 Å². The number of pyridine rings is 1. The van der Waals surface area contributed by atoms with Gasteiger partial charge in [0.1, 0.15) is 10.7 Å². The van der Waals surface area contributed by atoms with E-state index in [1.807, 2.05) is 12.1 Å². The van der Waals surface area contributed by atoms with Gasteiger partial charge < -0.3 is 14.6 Å². The standard InChI is InChI=1S/C21H17N5O3S/c22-20-17-10-12-29-21(17)24-13-26(20)16-8-6-15(7-9-16)25-30(27,28)18-5-1-3-14-4-2-11-23-19(14)18/h1-12,22,24-25H,13H2. The van der Waals surface area contributed by atoms with Crippen molar-refractivity contribution in [2.45, 2.75) is 4.90 Å². The molecule has 0 saturated carbocycles. The highest BCUT2D eigenvalue weighted by Crippen LogP contribution is 2.29. The van der Waals surface area contributed by atoms with Crippen molar-refractivity contribution in [3.8, 4) is 0 Å². The minimum absolute atomic E-state index is 0.124. The van der Waals surface area contributed by atoms with E-state index in [0.717, 1.165) is 11.1 Å². The summed E-state index contributed by atoms with van der Waals surface area (Å²) in [5.74, 6) is 0.886. The third-order valence-corrected chi connectivity index (χ3v) is 6.32. The molecular formula is C21H17N5O3S. The summed E-state index contributed by atoms with van der Waals surface area (Å²) < 4.78 is 33.8. The Bertz CT molecular complexity index is 1360. The van der Waals surface area contributed by atoms with Gasteiger partial charge in [0.05, 0.1) is 24.0 Å². The van der Waals surface area contributed by atoms with Gasteiger partial charge in [-0.05, 0) is 42.5 Å². The Morgan fingerprint density at radius 2 is 1.87 bits per heavy atom. The molecule has 0 radical (unpaired) electrons. The number of amidine groups is 1. The van der Waals surface area contributed by atoms with Crippen molar-refractivity contribution in [1.82, 2.24) is 4.98 Å². The van der Waals surface area contributed by atoms with Gasteiger partial charge in [0.25, 0.3) is 10.0 Å². The van der Waals surface area contributed by atoms with E-state index in [9.17, 15) is 8.42 Å². The predicted octanol–water partition coefficient (Wildman–Crippen LogP) is 3.84. The number of para-hydroxylation sites is 1. The smallest absolute Gasteiger partial charge is 0.264 e. The summed E-state index contributed by atoms with van der Waals surface area (Å²) in [6.45, 7) is 0.381. The van der Waals surface area contributed by atoms with Gasteiger partial charge in [-0.1, -0.05) is 18.2 Å². The Labute approximate surface area is 172 Å². The first-order valence-electron chi connectivity index (χ1n) is 9.17. The number of anilines is 3. The Balaban J connectivity index is 1.41. The molecule has 3 N–H and O–H groups in total. The lowest BCUT2D eigenvalue weighted by Crippen LogP contribution is -2.39. The molecular weight excluding hydrogens is 402 g/mol. The highest BCUT2D eigenvalue weighted by atomic mass is 32.2. The fourth-order valence-corrected chi connectivity index (χ4v) is 4.68. The molecule has 150 valence electrons. The molecule has 3 heterocycles. The zero-order valence-corrected chi connectivity index (χ0v) is 16.5. The number of nitrogens with one attached hydrogen (secondary N) is 3. The fraction of sp³-hybridized carbons (Fsp3) is 0.0476. The second-order valence-corrected chi connectivity index (χ2v) is 8.41. The monoisotopic (exact) mass is 419 g/mol. The third-order valence-electron chi connectivity index (χ3n) is 4.90. The number of aromatic nitrogens is 1. The van der Waals surface area contributed by atoms with Crippen LogP contribution in [-0.2, 0) is 10.0 Å². The second-order valence-electron chi connectivity index (χ2n) is 6.76. The Morgan fingerprint density at radius 1 is 1.07 bits per heavy atom. The zero-order valence-electron chi connectivity index (χ0n) is 15.7. The largest absolute Gasteiger partial charge is 0.448 e. The van der Waals surface area contributed by atoms with Crippen molar-refractivity contribution < 1.29 is 12.8 Å². The van der Waals surface area contributed by atoms with Crippen LogP contribution in [0.2, 0.25) is 0 Å². The van der Waals surface area contributed by atoms with E-state index in [1.54, 1.807) is 53.6 Å². The van der Waals surface area contributed by atoms with Crippen molar-refractivity contribution in [2.75, 3.05) is 21.6 Å². The molecule has 0 spiro atoms. The van der Waals surface area contributed by atoms with Gasteiger partial charge in [-0.25, -0.2) is 8.42 Å². The molecule has 0 unspecified atom stereocenters. The highest BCUT2D eigenvalue weighted by Gasteiger charge is 2.24. The maximum atomic E-state index is 12.9. The van der Waals surface area contributed by atoms with Crippen LogP contribution >= 0.6 is 0 Å². The topological polar surface area (TPSA) is 111 Å². The van der Waals surface area contributed by atoms with Crippen LogP contribution in [0.3, 0.4) is 0 Å². The van der Waals surface area contributed by atoms with E-state index in [4.69, 9.17) is 9.83 Å². The van der Waals surface area contributed by atoms with E-state index in [-0.39, 0.29) is 4.90 Å². The van der Waals surface area contributed by atoms with Crippen molar-refractivity contribution in [3.63, 3.8) is 0 Å². The van der Waals surface area contributed by atoms with Crippen LogP contribution in [0.5, 0.6) is 0 Å². The third kappa shape index (κ3) is 3.05. The Hall–Kier alpha value is -3.85. The van der Waals surface area contributed by atoms with Gasteiger partial charge in [-0.3, -0.25) is 15.1 Å². The molecule has 0 fully saturated rings. The highest BCUT2D eigenvalue weighted by molar-refractivity contribution is 7.93. The number of furan rings is 1. The maximum Gasteiger partial charge on any atom is 0.264 e. The minimum Gasteiger partial charge on any atom is -0.448 e.